The fourth-order valence-electron chi connectivity index (χ4n) is 1.90. The zero-order chi connectivity index (χ0) is 19.5. The van der Waals surface area contributed by atoms with Gasteiger partial charge in [0.2, 0.25) is 5.91 Å². The van der Waals surface area contributed by atoms with Gasteiger partial charge in [-0.3, -0.25) is 9.59 Å². The number of nitrogens with zero attached hydrogens (tertiary/aromatic N) is 2. The molecule has 0 aromatic heterocycles. The molecule has 0 fully saturated rings. The Bertz CT molecular complexity index is 757. The number of amides is 2. The van der Waals surface area contributed by atoms with Gasteiger partial charge in [0, 0.05) is 38.1 Å². The number of aliphatic imine (C=N–C) groups is 1. The number of methoxy groups -OCH3 is 1. The molecule has 1 N–H and O–H groups in total. The number of aliphatic hydroxyl groups excluding tert-OH is 1. The molecular weight excluding hydrogens is 336 g/mol. The monoisotopic (exact) mass is 358 g/mol. The molecule has 0 spiro atoms. The SMILES string of the molecule is COC(=O)/C(CO)=N/C(=O)c1cccc(C#CCCCC(=O)N(C)C)c1. The minimum absolute atomic E-state index is 0.0579. The van der Waals surface area contributed by atoms with E-state index in [0.29, 0.717) is 24.8 Å². The molecule has 0 aliphatic carbocycles. The first kappa shape index (κ1) is 21.1. The smallest absolute Gasteiger partial charge is 0.354 e. The van der Waals surface area contributed by atoms with E-state index in [1.807, 2.05) is 0 Å². The van der Waals surface area contributed by atoms with Gasteiger partial charge in [-0.25, -0.2) is 9.79 Å². The van der Waals surface area contributed by atoms with Crippen molar-refractivity contribution in [3.05, 3.63) is 35.4 Å². The summed E-state index contributed by atoms with van der Waals surface area (Å²) in [6, 6.07) is 6.49. The Labute approximate surface area is 152 Å². The van der Waals surface area contributed by atoms with E-state index in [1.165, 1.54) is 4.90 Å². The van der Waals surface area contributed by atoms with E-state index in [0.717, 1.165) is 7.11 Å². The van der Waals surface area contributed by atoms with Crippen molar-refractivity contribution in [2.45, 2.75) is 19.3 Å². The zero-order valence-electron chi connectivity index (χ0n) is 15.1. The van der Waals surface area contributed by atoms with Gasteiger partial charge >= 0.3 is 5.97 Å². The molecule has 138 valence electrons. The maximum Gasteiger partial charge on any atom is 0.354 e. The van der Waals surface area contributed by atoms with Crippen molar-refractivity contribution in [3.8, 4) is 11.8 Å². The average molecular weight is 358 g/mol. The number of esters is 1. The lowest BCUT2D eigenvalue weighted by molar-refractivity contribution is -0.133. The molecule has 26 heavy (non-hydrogen) atoms. The molecule has 0 atom stereocenters. The van der Waals surface area contributed by atoms with Gasteiger partial charge in [-0.2, -0.15) is 0 Å². The second kappa shape index (κ2) is 10.8. The van der Waals surface area contributed by atoms with Crippen molar-refractivity contribution in [3.63, 3.8) is 0 Å². The van der Waals surface area contributed by atoms with Crippen molar-refractivity contribution in [1.29, 1.82) is 0 Å². The van der Waals surface area contributed by atoms with Crippen LogP contribution in [0.4, 0.5) is 0 Å². The Kier molecular flexibility index (Phi) is 8.75. The van der Waals surface area contributed by atoms with Crippen LogP contribution in [0.3, 0.4) is 0 Å². The number of rotatable bonds is 6. The average Bonchev–Trinajstić information content (AvgIpc) is 2.64. The Morgan fingerprint density at radius 2 is 2.00 bits per heavy atom. The molecule has 0 aliphatic heterocycles. The van der Waals surface area contributed by atoms with Crippen LogP contribution in [0, 0.1) is 11.8 Å². The third kappa shape index (κ3) is 6.87. The topological polar surface area (TPSA) is 96.3 Å². The van der Waals surface area contributed by atoms with Crippen LogP contribution >= 0.6 is 0 Å². The summed E-state index contributed by atoms with van der Waals surface area (Å²) >= 11 is 0. The van der Waals surface area contributed by atoms with Crippen molar-refractivity contribution in [1.82, 2.24) is 4.90 Å². The highest BCUT2D eigenvalue weighted by Gasteiger charge is 2.14. The Morgan fingerprint density at radius 1 is 1.27 bits per heavy atom. The minimum Gasteiger partial charge on any atom is -0.464 e. The number of aliphatic hydroxyl groups is 1. The van der Waals surface area contributed by atoms with Crippen LogP contribution in [-0.4, -0.2) is 61.3 Å². The summed E-state index contributed by atoms with van der Waals surface area (Å²) in [5.74, 6) is 4.42. The standard InChI is InChI=1S/C19H22N2O5/c1-21(2)17(23)11-6-4-5-8-14-9-7-10-15(12-14)18(24)20-16(13-22)19(25)26-3/h7,9-10,12,22H,4,6,11,13H2,1-3H3/b20-16+. The number of hydrogen-bond acceptors (Lipinski definition) is 5. The van der Waals surface area contributed by atoms with Gasteiger partial charge in [-0.1, -0.05) is 17.9 Å². The number of benzene rings is 1. The predicted octanol–water partition coefficient (Wildman–Crippen LogP) is 1.04. The second-order valence-corrected chi connectivity index (χ2v) is 5.54. The number of hydrogen-bond donors (Lipinski definition) is 1. The molecule has 0 unspecified atom stereocenters. The van der Waals surface area contributed by atoms with Crippen LogP contribution in [0.2, 0.25) is 0 Å². The molecule has 7 heteroatoms. The number of unbranched alkanes of at least 4 members (excludes halogenated alkanes) is 1. The summed E-state index contributed by atoms with van der Waals surface area (Å²) in [5.41, 5.74) is 0.502. The molecule has 2 amide bonds. The quantitative estimate of drug-likeness (QED) is 0.355. The Morgan fingerprint density at radius 3 is 2.62 bits per heavy atom. The normalized spacial score (nSPS) is 10.5. The maximum absolute atomic E-state index is 12.1. The summed E-state index contributed by atoms with van der Waals surface area (Å²) < 4.78 is 4.44. The van der Waals surface area contributed by atoms with Gasteiger partial charge in [0.15, 0.2) is 5.71 Å². The largest absolute Gasteiger partial charge is 0.464 e. The fraction of sp³-hybridized carbons (Fsp3) is 0.368. The van der Waals surface area contributed by atoms with Crippen molar-refractivity contribution < 1.29 is 24.2 Å². The lowest BCUT2D eigenvalue weighted by Gasteiger charge is -2.08. The van der Waals surface area contributed by atoms with E-state index < -0.39 is 18.5 Å². The summed E-state index contributed by atoms with van der Waals surface area (Å²) in [4.78, 5) is 40.0. The number of carbonyl (C=O) groups is 3. The van der Waals surface area contributed by atoms with Gasteiger partial charge in [0.05, 0.1) is 13.7 Å². The van der Waals surface area contributed by atoms with Crippen LogP contribution < -0.4 is 0 Å². The number of ether oxygens (including phenoxy) is 1. The second-order valence-electron chi connectivity index (χ2n) is 5.54. The molecule has 1 aromatic carbocycles. The Balaban J connectivity index is 2.75. The molecule has 0 saturated carbocycles. The maximum atomic E-state index is 12.1. The Hall–Kier alpha value is -2.98. The summed E-state index contributed by atoms with van der Waals surface area (Å²) in [6.07, 6.45) is 1.66. The summed E-state index contributed by atoms with van der Waals surface area (Å²) in [5, 5.41) is 9.08. The highest BCUT2D eigenvalue weighted by atomic mass is 16.5. The molecule has 0 heterocycles. The van der Waals surface area contributed by atoms with Crippen LogP contribution in [-0.2, 0) is 14.3 Å². The first-order valence-corrected chi connectivity index (χ1v) is 7.99. The van der Waals surface area contributed by atoms with Crippen molar-refractivity contribution in [2.75, 3.05) is 27.8 Å². The van der Waals surface area contributed by atoms with E-state index in [-0.39, 0.29) is 17.2 Å². The highest BCUT2D eigenvalue weighted by molar-refractivity contribution is 6.39. The molecule has 1 rings (SSSR count). The van der Waals surface area contributed by atoms with Crippen molar-refractivity contribution >= 4 is 23.5 Å². The van der Waals surface area contributed by atoms with Crippen molar-refractivity contribution in [2.24, 2.45) is 4.99 Å². The van der Waals surface area contributed by atoms with E-state index in [4.69, 9.17) is 5.11 Å². The van der Waals surface area contributed by atoms with Crippen LogP contribution in [0.15, 0.2) is 29.3 Å². The molecule has 0 saturated heterocycles. The molecule has 0 radical (unpaired) electrons. The zero-order valence-corrected chi connectivity index (χ0v) is 15.1. The molecular formula is C19H22N2O5. The van der Waals surface area contributed by atoms with E-state index in [2.05, 4.69) is 21.6 Å². The third-order valence-electron chi connectivity index (χ3n) is 3.34. The summed E-state index contributed by atoms with van der Waals surface area (Å²) in [7, 11) is 4.56. The summed E-state index contributed by atoms with van der Waals surface area (Å²) in [6.45, 7) is -0.691. The lowest BCUT2D eigenvalue weighted by Crippen LogP contribution is -2.21. The molecule has 7 nitrogen and oxygen atoms in total. The molecule has 0 bridgehead atoms. The number of carbonyl (C=O) groups excluding carboxylic acids is 3. The first-order chi connectivity index (χ1) is 12.4. The van der Waals surface area contributed by atoms with Crippen LogP contribution in [0.5, 0.6) is 0 Å². The van der Waals surface area contributed by atoms with E-state index >= 15 is 0 Å². The van der Waals surface area contributed by atoms with Gasteiger partial charge in [0.1, 0.15) is 0 Å². The predicted molar refractivity (Wildman–Crippen MR) is 96.7 cm³/mol. The lowest BCUT2D eigenvalue weighted by atomic mass is 10.1. The minimum atomic E-state index is -0.857. The first-order valence-electron chi connectivity index (χ1n) is 7.99. The van der Waals surface area contributed by atoms with Gasteiger partial charge < -0.3 is 14.7 Å². The fourth-order valence-corrected chi connectivity index (χ4v) is 1.90. The van der Waals surface area contributed by atoms with Gasteiger partial charge in [0.25, 0.3) is 5.91 Å². The van der Waals surface area contributed by atoms with E-state index in [1.54, 1.807) is 38.4 Å². The van der Waals surface area contributed by atoms with Gasteiger partial charge in [-0.15, -0.1) is 0 Å². The highest BCUT2D eigenvalue weighted by Crippen LogP contribution is 2.07. The van der Waals surface area contributed by atoms with Crippen LogP contribution in [0.1, 0.15) is 35.2 Å². The third-order valence-corrected chi connectivity index (χ3v) is 3.34. The van der Waals surface area contributed by atoms with Crippen LogP contribution in [0.25, 0.3) is 0 Å². The van der Waals surface area contributed by atoms with E-state index in [9.17, 15) is 14.4 Å². The molecule has 1 aromatic rings. The van der Waals surface area contributed by atoms with Gasteiger partial charge in [-0.05, 0) is 24.6 Å². The molecule has 0 aliphatic rings.